The number of ether oxygens (including phenoxy) is 2. The standard InChI is InChI=1S/C19H27N3O4.ClH/c1-13-9-16(25-2)17(26-3)10-15(13)19(24)21-7-4-5-14(12-21)22-8-6-20-11-18(22)23;/h9-10,14,20H,4-8,11-12H2,1-3H3;1H. The Labute approximate surface area is 166 Å². The van der Waals surface area contributed by atoms with Crippen LogP contribution in [0.3, 0.4) is 0 Å². The molecule has 27 heavy (non-hydrogen) atoms. The normalized spacial score (nSPS) is 20.1. The van der Waals surface area contributed by atoms with Crippen LogP contribution in [-0.4, -0.2) is 74.6 Å². The van der Waals surface area contributed by atoms with E-state index in [2.05, 4.69) is 5.32 Å². The summed E-state index contributed by atoms with van der Waals surface area (Å²) in [6.07, 6.45) is 1.85. The predicted molar refractivity (Wildman–Crippen MR) is 105 cm³/mol. The van der Waals surface area contributed by atoms with Gasteiger partial charge in [-0.15, -0.1) is 12.4 Å². The first-order valence-electron chi connectivity index (χ1n) is 9.07. The molecule has 1 aromatic rings. The van der Waals surface area contributed by atoms with Crippen molar-refractivity contribution in [3.8, 4) is 11.5 Å². The summed E-state index contributed by atoms with van der Waals surface area (Å²) in [5, 5.41) is 3.10. The maximum Gasteiger partial charge on any atom is 0.254 e. The van der Waals surface area contributed by atoms with E-state index in [0.29, 0.717) is 43.2 Å². The number of piperidine rings is 1. The van der Waals surface area contributed by atoms with E-state index in [9.17, 15) is 9.59 Å². The van der Waals surface area contributed by atoms with E-state index in [1.807, 2.05) is 22.8 Å². The Hall–Kier alpha value is -1.99. The van der Waals surface area contributed by atoms with Crippen LogP contribution in [0.1, 0.15) is 28.8 Å². The zero-order chi connectivity index (χ0) is 18.7. The van der Waals surface area contributed by atoms with Gasteiger partial charge in [-0.2, -0.15) is 0 Å². The fraction of sp³-hybridized carbons (Fsp3) is 0.579. The van der Waals surface area contributed by atoms with Crippen molar-refractivity contribution in [3.63, 3.8) is 0 Å². The molecule has 0 bridgehead atoms. The van der Waals surface area contributed by atoms with E-state index in [4.69, 9.17) is 9.47 Å². The molecule has 2 amide bonds. The van der Waals surface area contributed by atoms with Crippen molar-refractivity contribution in [2.45, 2.75) is 25.8 Å². The van der Waals surface area contributed by atoms with Crippen LogP contribution in [-0.2, 0) is 4.79 Å². The van der Waals surface area contributed by atoms with Crippen LogP contribution in [0.25, 0.3) is 0 Å². The number of amides is 2. The molecule has 0 spiro atoms. The SMILES string of the molecule is COc1cc(C)c(C(=O)N2CCCC(N3CCNCC3=O)C2)cc1OC.Cl. The molecule has 8 heteroatoms. The second-order valence-electron chi connectivity index (χ2n) is 6.83. The quantitative estimate of drug-likeness (QED) is 0.833. The van der Waals surface area contributed by atoms with E-state index in [1.165, 1.54) is 0 Å². The largest absolute Gasteiger partial charge is 0.493 e. The van der Waals surface area contributed by atoms with Crippen molar-refractivity contribution in [2.24, 2.45) is 0 Å². The summed E-state index contributed by atoms with van der Waals surface area (Å²) < 4.78 is 10.6. The van der Waals surface area contributed by atoms with Crippen molar-refractivity contribution in [1.82, 2.24) is 15.1 Å². The van der Waals surface area contributed by atoms with Gasteiger partial charge in [-0.05, 0) is 37.5 Å². The predicted octanol–water partition coefficient (Wildman–Crippen LogP) is 1.47. The summed E-state index contributed by atoms with van der Waals surface area (Å²) >= 11 is 0. The zero-order valence-corrected chi connectivity index (χ0v) is 16.9. The lowest BCUT2D eigenvalue weighted by Gasteiger charge is -2.41. The number of benzene rings is 1. The molecule has 1 aromatic carbocycles. The number of carbonyl (C=O) groups is 2. The number of carbonyl (C=O) groups excluding carboxylic acids is 2. The maximum absolute atomic E-state index is 13.1. The fourth-order valence-electron chi connectivity index (χ4n) is 3.78. The molecule has 0 aromatic heterocycles. The average molecular weight is 398 g/mol. The Balaban J connectivity index is 0.00000261. The third-order valence-corrected chi connectivity index (χ3v) is 5.21. The van der Waals surface area contributed by atoms with Crippen LogP contribution < -0.4 is 14.8 Å². The number of nitrogens with one attached hydrogen (secondary N) is 1. The molecule has 2 fully saturated rings. The van der Waals surface area contributed by atoms with Crippen LogP contribution in [0, 0.1) is 6.92 Å². The highest BCUT2D eigenvalue weighted by atomic mass is 35.5. The zero-order valence-electron chi connectivity index (χ0n) is 16.1. The molecule has 2 aliphatic rings. The van der Waals surface area contributed by atoms with E-state index in [-0.39, 0.29) is 30.3 Å². The van der Waals surface area contributed by atoms with Crippen molar-refractivity contribution < 1.29 is 19.1 Å². The molecule has 1 unspecified atom stereocenters. The molecule has 3 rings (SSSR count). The number of likely N-dealkylation sites (tertiary alicyclic amines) is 1. The van der Waals surface area contributed by atoms with Gasteiger partial charge in [0.15, 0.2) is 11.5 Å². The van der Waals surface area contributed by atoms with E-state index >= 15 is 0 Å². The minimum Gasteiger partial charge on any atom is -0.493 e. The van der Waals surface area contributed by atoms with Gasteiger partial charge < -0.3 is 24.6 Å². The van der Waals surface area contributed by atoms with Crippen molar-refractivity contribution in [1.29, 1.82) is 0 Å². The van der Waals surface area contributed by atoms with Gasteiger partial charge in [-0.3, -0.25) is 9.59 Å². The lowest BCUT2D eigenvalue weighted by molar-refractivity contribution is -0.135. The lowest BCUT2D eigenvalue weighted by Crippen LogP contribution is -2.57. The van der Waals surface area contributed by atoms with Crippen LogP contribution in [0.4, 0.5) is 0 Å². The summed E-state index contributed by atoms with van der Waals surface area (Å²) in [7, 11) is 3.15. The van der Waals surface area contributed by atoms with Gasteiger partial charge in [-0.1, -0.05) is 0 Å². The third kappa shape index (κ3) is 4.47. The molecule has 2 heterocycles. The van der Waals surface area contributed by atoms with Crippen molar-refractivity contribution in [2.75, 3.05) is 46.9 Å². The Morgan fingerprint density at radius 1 is 1.19 bits per heavy atom. The maximum atomic E-state index is 13.1. The number of methoxy groups -OCH3 is 2. The van der Waals surface area contributed by atoms with Gasteiger partial charge >= 0.3 is 0 Å². The van der Waals surface area contributed by atoms with E-state index in [0.717, 1.165) is 24.9 Å². The minimum atomic E-state index is -0.0178. The Morgan fingerprint density at radius 3 is 2.56 bits per heavy atom. The molecule has 0 radical (unpaired) electrons. The van der Waals surface area contributed by atoms with Gasteiger partial charge in [-0.25, -0.2) is 0 Å². The summed E-state index contributed by atoms with van der Waals surface area (Å²) in [5.41, 5.74) is 1.47. The molecule has 7 nitrogen and oxygen atoms in total. The number of nitrogens with zero attached hydrogens (tertiary/aromatic N) is 2. The molecule has 2 saturated heterocycles. The molecular formula is C19H28ClN3O4. The van der Waals surface area contributed by atoms with E-state index in [1.54, 1.807) is 20.3 Å². The third-order valence-electron chi connectivity index (χ3n) is 5.21. The number of aryl methyl sites for hydroxylation is 1. The second kappa shape index (κ2) is 9.28. The van der Waals surface area contributed by atoms with E-state index < -0.39 is 0 Å². The molecular weight excluding hydrogens is 370 g/mol. The molecule has 150 valence electrons. The summed E-state index contributed by atoms with van der Waals surface area (Å²) in [5.74, 6) is 1.27. The van der Waals surface area contributed by atoms with Crippen molar-refractivity contribution in [3.05, 3.63) is 23.3 Å². The highest BCUT2D eigenvalue weighted by molar-refractivity contribution is 5.96. The van der Waals surface area contributed by atoms with Crippen molar-refractivity contribution >= 4 is 24.2 Å². The smallest absolute Gasteiger partial charge is 0.254 e. The van der Waals surface area contributed by atoms with Crippen LogP contribution in [0.2, 0.25) is 0 Å². The Kier molecular flexibility index (Phi) is 7.33. The lowest BCUT2D eigenvalue weighted by atomic mass is 10.0. The number of hydrogen-bond donors (Lipinski definition) is 1. The monoisotopic (exact) mass is 397 g/mol. The molecule has 2 aliphatic heterocycles. The number of piperazine rings is 1. The van der Waals surface area contributed by atoms with Gasteiger partial charge in [0.2, 0.25) is 5.91 Å². The average Bonchev–Trinajstić information content (AvgIpc) is 2.67. The van der Waals surface area contributed by atoms with Crippen LogP contribution >= 0.6 is 12.4 Å². The van der Waals surface area contributed by atoms with Gasteiger partial charge in [0.05, 0.1) is 20.8 Å². The number of rotatable bonds is 4. The number of hydrogen-bond acceptors (Lipinski definition) is 5. The highest BCUT2D eigenvalue weighted by Gasteiger charge is 2.32. The molecule has 1 atom stereocenters. The number of halogens is 1. The summed E-state index contributed by atoms with van der Waals surface area (Å²) in [6.45, 7) is 5.10. The highest BCUT2D eigenvalue weighted by Crippen LogP contribution is 2.31. The van der Waals surface area contributed by atoms with Gasteiger partial charge in [0.25, 0.3) is 5.91 Å². The molecule has 1 N–H and O–H groups in total. The van der Waals surface area contributed by atoms with Crippen LogP contribution in [0.5, 0.6) is 11.5 Å². The Bertz CT molecular complexity index is 698. The molecule has 0 aliphatic carbocycles. The summed E-state index contributed by atoms with van der Waals surface area (Å²) in [6, 6.07) is 3.67. The fourth-order valence-corrected chi connectivity index (χ4v) is 3.78. The Morgan fingerprint density at radius 2 is 1.89 bits per heavy atom. The summed E-state index contributed by atoms with van der Waals surface area (Å²) in [4.78, 5) is 29.1. The second-order valence-corrected chi connectivity index (χ2v) is 6.83. The first-order valence-corrected chi connectivity index (χ1v) is 9.07. The first-order chi connectivity index (χ1) is 12.5. The van der Waals surface area contributed by atoms with Gasteiger partial charge in [0, 0.05) is 37.8 Å². The van der Waals surface area contributed by atoms with Gasteiger partial charge in [0.1, 0.15) is 0 Å². The minimum absolute atomic E-state index is 0. The molecule has 0 saturated carbocycles. The van der Waals surface area contributed by atoms with Crippen LogP contribution in [0.15, 0.2) is 12.1 Å². The topological polar surface area (TPSA) is 71.1 Å². The first kappa shape index (κ1) is 21.3.